The van der Waals surface area contributed by atoms with Gasteiger partial charge in [-0.15, -0.1) is 5.10 Å². The number of aryl methyl sites for hydroxylation is 2. The molecule has 3 aromatic rings. The molecule has 0 bridgehead atoms. The minimum Gasteiger partial charge on any atom is -0.469 e. The molecule has 18 nitrogen and oxygen atoms in total. The Labute approximate surface area is 472 Å². The molecule has 4 amide bonds. The molecule has 3 aliphatic carbocycles. The summed E-state index contributed by atoms with van der Waals surface area (Å²) in [6, 6.07) is 16.2. The van der Waals surface area contributed by atoms with Gasteiger partial charge in [0.05, 0.1) is 77.2 Å². The van der Waals surface area contributed by atoms with Crippen LogP contribution >= 0.6 is 11.6 Å². The van der Waals surface area contributed by atoms with Gasteiger partial charge in [0.1, 0.15) is 5.54 Å². The summed E-state index contributed by atoms with van der Waals surface area (Å²) < 4.78 is 30.5. The Hall–Kier alpha value is -5.14. The Bertz CT molecular complexity index is 2420. The van der Waals surface area contributed by atoms with E-state index in [4.69, 9.17) is 35.3 Å². The highest BCUT2D eigenvalue weighted by Gasteiger charge is 2.52. The molecule has 2 aliphatic heterocycles. The van der Waals surface area contributed by atoms with E-state index in [1.807, 2.05) is 40.8 Å². The van der Waals surface area contributed by atoms with E-state index >= 15 is 0 Å². The number of halogens is 1. The number of carbonyl (C=O) groups excluding carboxylic acids is 5. The number of piperidine rings is 1. The molecule has 3 heterocycles. The number of hydrogen-bond acceptors (Lipinski definition) is 13. The van der Waals surface area contributed by atoms with E-state index < -0.39 is 11.6 Å². The Morgan fingerprint density at radius 2 is 1.54 bits per heavy atom. The number of fused-ring (bicyclic) bond motifs is 2. The fourth-order valence-electron chi connectivity index (χ4n) is 12.7. The molecule has 434 valence electrons. The van der Waals surface area contributed by atoms with Crippen molar-refractivity contribution in [1.82, 2.24) is 39.9 Å². The van der Waals surface area contributed by atoms with E-state index in [0.717, 1.165) is 87.0 Å². The summed E-state index contributed by atoms with van der Waals surface area (Å²) in [5, 5.41) is 12.9. The molecular formula is C60H87ClN8O10. The monoisotopic (exact) mass is 1110 g/mol. The predicted octanol–water partition coefficient (Wildman–Crippen LogP) is 7.41. The minimum absolute atomic E-state index is 0.132. The van der Waals surface area contributed by atoms with Crippen LogP contribution in [0.25, 0.3) is 0 Å². The quantitative estimate of drug-likeness (QED) is 0.0588. The summed E-state index contributed by atoms with van der Waals surface area (Å²) in [7, 11) is 1.34. The summed E-state index contributed by atoms with van der Waals surface area (Å²) in [6.07, 6.45) is 10.7. The van der Waals surface area contributed by atoms with Crippen molar-refractivity contribution in [1.29, 1.82) is 0 Å². The number of hydrogen-bond donors (Lipinski definition) is 1. The summed E-state index contributed by atoms with van der Waals surface area (Å²) >= 11 is 6.30. The third-order valence-corrected chi connectivity index (χ3v) is 17.6. The van der Waals surface area contributed by atoms with Gasteiger partial charge in [-0.1, -0.05) is 85.0 Å². The number of rotatable bonds is 27. The Morgan fingerprint density at radius 3 is 2.25 bits per heavy atom. The molecule has 1 aromatic heterocycles. The van der Waals surface area contributed by atoms with Crippen molar-refractivity contribution in [2.45, 2.75) is 135 Å². The molecule has 79 heavy (non-hydrogen) atoms. The Kier molecular flexibility index (Phi) is 22.8. The molecule has 2 aromatic carbocycles. The van der Waals surface area contributed by atoms with Crippen LogP contribution in [0.4, 0.5) is 4.79 Å². The van der Waals surface area contributed by atoms with Crippen molar-refractivity contribution >= 4 is 41.4 Å². The van der Waals surface area contributed by atoms with Crippen LogP contribution in [0.15, 0.2) is 48.5 Å². The average Bonchev–Trinajstić information content (AvgIpc) is 4.21. The van der Waals surface area contributed by atoms with Crippen molar-refractivity contribution < 1.29 is 47.7 Å². The fraction of sp³-hybridized carbons (Fsp3) is 0.683. The van der Waals surface area contributed by atoms with Crippen LogP contribution in [-0.2, 0) is 68.8 Å². The maximum Gasteiger partial charge on any atom is 0.409 e. The molecule has 4 unspecified atom stereocenters. The van der Waals surface area contributed by atoms with Gasteiger partial charge in [-0.3, -0.25) is 24.1 Å². The summed E-state index contributed by atoms with van der Waals surface area (Å²) in [5.74, 6) is 0.631. The lowest BCUT2D eigenvalue weighted by molar-refractivity contribution is -0.152. The van der Waals surface area contributed by atoms with Gasteiger partial charge in [0.25, 0.3) is 0 Å². The first kappa shape index (κ1) is 60.0. The molecule has 2 saturated carbocycles. The number of benzene rings is 2. The zero-order valence-corrected chi connectivity index (χ0v) is 48.0. The molecular weight excluding hydrogens is 1030 g/mol. The Morgan fingerprint density at radius 1 is 0.835 bits per heavy atom. The predicted molar refractivity (Wildman–Crippen MR) is 299 cm³/mol. The second-order valence-corrected chi connectivity index (χ2v) is 22.9. The van der Waals surface area contributed by atoms with Gasteiger partial charge in [0, 0.05) is 76.8 Å². The molecule has 0 spiro atoms. The highest BCUT2D eigenvalue weighted by Crippen LogP contribution is 2.53. The number of ether oxygens (including phenoxy) is 5. The summed E-state index contributed by atoms with van der Waals surface area (Å²) in [4.78, 5) is 76.1. The van der Waals surface area contributed by atoms with Crippen LogP contribution in [0.5, 0.6) is 0 Å². The Balaban J connectivity index is 0.773. The van der Waals surface area contributed by atoms with Crippen LogP contribution in [0.1, 0.15) is 124 Å². The van der Waals surface area contributed by atoms with E-state index in [-0.39, 0.29) is 80.8 Å². The number of esters is 1. The molecule has 2 saturated heterocycles. The van der Waals surface area contributed by atoms with Crippen LogP contribution in [0, 0.1) is 30.6 Å². The van der Waals surface area contributed by atoms with E-state index in [2.05, 4.69) is 51.7 Å². The average molecular weight is 1120 g/mol. The largest absolute Gasteiger partial charge is 0.469 e. The molecule has 19 heteroatoms. The molecule has 4 atom stereocenters. The lowest BCUT2D eigenvalue weighted by Crippen LogP contribution is -2.65. The first-order valence-electron chi connectivity index (χ1n) is 29.5. The zero-order valence-electron chi connectivity index (χ0n) is 47.2. The smallest absolute Gasteiger partial charge is 0.409 e. The molecule has 4 fully saturated rings. The first-order valence-corrected chi connectivity index (χ1v) is 29.9. The van der Waals surface area contributed by atoms with E-state index in [9.17, 15) is 24.0 Å². The number of methoxy groups -OCH3 is 1. The normalized spacial score (nSPS) is 20.7. The lowest BCUT2D eigenvalue weighted by atomic mass is 9.76. The maximum atomic E-state index is 14.6. The van der Waals surface area contributed by atoms with Crippen molar-refractivity contribution in [3.8, 4) is 0 Å². The fourth-order valence-corrected chi connectivity index (χ4v) is 12.8. The topological polar surface area (TPSA) is 187 Å². The number of nitrogens with zero attached hydrogens (tertiary/aromatic N) is 7. The molecule has 5 aliphatic rings. The van der Waals surface area contributed by atoms with Gasteiger partial charge >= 0.3 is 12.1 Å². The van der Waals surface area contributed by atoms with Crippen molar-refractivity contribution in [3.63, 3.8) is 0 Å². The number of morpholine rings is 1. The van der Waals surface area contributed by atoms with Crippen LogP contribution < -0.4 is 5.32 Å². The molecule has 8 rings (SSSR count). The number of carbonyl (C=O) groups is 5. The van der Waals surface area contributed by atoms with Gasteiger partial charge < -0.3 is 43.7 Å². The minimum atomic E-state index is -1.17. The van der Waals surface area contributed by atoms with Gasteiger partial charge in [0.2, 0.25) is 17.7 Å². The van der Waals surface area contributed by atoms with Gasteiger partial charge in [0.15, 0.2) is 0 Å². The third kappa shape index (κ3) is 16.5. The summed E-state index contributed by atoms with van der Waals surface area (Å²) in [5.41, 5.74) is 4.30. The third-order valence-electron chi connectivity index (χ3n) is 17.4. The zero-order chi connectivity index (χ0) is 55.6. The van der Waals surface area contributed by atoms with Gasteiger partial charge in [-0.25, -0.2) is 9.48 Å². The molecule has 0 radical (unpaired) electrons. The first-order chi connectivity index (χ1) is 38.5. The standard InChI is InChI=1S/C60H87ClN8O10/c1-4-9-54(70)68(28-8-12-55(71)75-3)60(58(73)62-27-31-65-32-36-76-37-33-65)25-29-66(30-26-60)59(74)79-43-51-49-21-23-52-53(24-22-50(49)51)69(64-63-52)35-39-78-41-40-77-38-34-67(42-45-15-13-44(2)14-16-45)57(72)56(46-10-6-5-7-11-46)47-17-19-48(61)20-18-47/h13-20,46,49-51,56H,4-12,21-43H2,1-3H3,(H,62,73). The highest BCUT2D eigenvalue weighted by atomic mass is 35.5. The van der Waals surface area contributed by atoms with Crippen LogP contribution in [0.3, 0.4) is 0 Å². The van der Waals surface area contributed by atoms with E-state index in [1.54, 1.807) is 9.80 Å². The van der Waals surface area contributed by atoms with Crippen LogP contribution in [-0.4, -0.2) is 176 Å². The SMILES string of the molecule is CCCC(=O)N(CCCC(=O)OC)C1(C(=O)NCCN2CCOCC2)CCN(C(=O)OCC2C3CCc4nnn(CCOCCOCCN(Cc5ccc(C)cc5)C(=O)C(c5ccc(Cl)cc5)C5CCCCC5)c4CCC32)CC1. The lowest BCUT2D eigenvalue weighted by Gasteiger charge is -2.47. The van der Waals surface area contributed by atoms with Crippen LogP contribution in [0.2, 0.25) is 5.02 Å². The number of nitrogens with one attached hydrogen (secondary N) is 1. The summed E-state index contributed by atoms with van der Waals surface area (Å²) in [6.45, 7) is 12.4. The number of aromatic nitrogens is 3. The highest BCUT2D eigenvalue weighted by molar-refractivity contribution is 6.30. The van der Waals surface area contributed by atoms with Crippen molar-refractivity contribution in [3.05, 3.63) is 81.6 Å². The van der Waals surface area contributed by atoms with Crippen molar-refractivity contribution in [2.24, 2.45) is 23.7 Å². The van der Waals surface area contributed by atoms with Gasteiger partial charge in [-0.05, 0) is 118 Å². The van der Waals surface area contributed by atoms with E-state index in [1.165, 1.54) is 19.1 Å². The van der Waals surface area contributed by atoms with E-state index in [0.29, 0.717) is 115 Å². The number of amides is 4. The number of likely N-dealkylation sites (tertiary alicyclic amines) is 1. The van der Waals surface area contributed by atoms with Crippen molar-refractivity contribution in [2.75, 3.05) is 106 Å². The second-order valence-electron chi connectivity index (χ2n) is 22.5. The second kappa shape index (κ2) is 30.1. The van der Waals surface area contributed by atoms with Gasteiger partial charge in [-0.2, -0.15) is 0 Å². The maximum absolute atomic E-state index is 14.6. The molecule has 1 N–H and O–H groups in total.